The number of hydrogen-bond donors (Lipinski definition) is 1. The van der Waals surface area contributed by atoms with Crippen molar-refractivity contribution in [2.24, 2.45) is 0 Å². The fourth-order valence-electron chi connectivity index (χ4n) is 5.08. The van der Waals surface area contributed by atoms with E-state index in [0.717, 1.165) is 89.9 Å². The molecule has 9 nitrogen and oxygen atoms in total. The molecule has 2 atom stereocenters. The van der Waals surface area contributed by atoms with Gasteiger partial charge in [-0.15, -0.1) is 0 Å². The molecule has 0 amide bonds. The molecule has 0 aliphatic rings. The molecule has 2 unspecified atom stereocenters. The van der Waals surface area contributed by atoms with Gasteiger partial charge in [-0.1, -0.05) is 120 Å². The summed E-state index contributed by atoms with van der Waals surface area (Å²) in [5, 5.41) is 0. The summed E-state index contributed by atoms with van der Waals surface area (Å²) >= 11 is 0. The van der Waals surface area contributed by atoms with Gasteiger partial charge in [-0.05, 0) is 70.6 Å². The predicted octanol–water partition coefficient (Wildman–Crippen LogP) is 11.1. The highest BCUT2D eigenvalue weighted by atomic mass is 31.2. The molecule has 302 valence electrons. The van der Waals surface area contributed by atoms with E-state index in [4.69, 9.17) is 18.5 Å². The molecule has 0 aromatic carbocycles. The zero-order valence-corrected chi connectivity index (χ0v) is 34.7. The molecule has 0 aliphatic heterocycles. The number of carbonyl (C=O) groups is 2. The first-order valence-corrected chi connectivity index (χ1v) is 21.9. The monoisotopic (exact) mass is 755 g/mol. The highest BCUT2D eigenvalue weighted by Gasteiger charge is 2.27. The Morgan fingerprint density at radius 3 is 1.60 bits per heavy atom. The van der Waals surface area contributed by atoms with Gasteiger partial charge in [-0.2, -0.15) is 0 Å². The van der Waals surface area contributed by atoms with Crippen molar-refractivity contribution in [3.05, 3.63) is 48.6 Å². The number of hydrogen-bond acceptors (Lipinski definition) is 7. The van der Waals surface area contributed by atoms with E-state index in [0.29, 0.717) is 17.4 Å². The Bertz CT molecular complexity index is 1030. The molecule has 0 fully saturated rings. The largest absolute Gasteiger partial charge is 0.472 e. The van der Waals surface area contributed by atoms with Crippen molar-refractivity contribution in [2.45, 2.75) is 161 Å². The third kappa shape index (κ3) is 37.7. The van der Waals surface area contributed by atoms with E-state index in [1.165, 1.54) is 32.1 Å². The van der Waals surface area contributed by atoms with Gasteiger partial charge < -0.3 is 18.9 Å². The molecule has 0 saturated heterocycles. The molecule has 0 spiro atoms. The minimum absolute atomic E-state index is 0.0248. The van der Waals surface area contributed by atoms with Crippen molar-refractivity contribution in [1.82, 2.24) is 0 Å². The second kappa shape index (κ2) is 34.7. The molecule has 1 N–H and O–H groups in total. The van der Waals surface area contributed by atoms with Crippen LogP contribution in [0.25, 0.3) is 0 Å². The molecule has 0 aromatic heterocycles. The van der Waals surface area contributed by atoms with Gasteiger partial charge in [-0.25, -0.2) is 4.57 Å². The highest BCUT2D eigenvalue weighted by Crippen LogP contribution is 2.43. The standard InChI is InChI=1S/C42H76NO8P/c1-6-8-10-12-14-16-18-20-21-23-25-27-29-31-33-35-42(45)51-40(39-50-52(46,47)49-37-36-43(3,4)5)38-48-41(44)34-32-30-28-26-24-22-19-17-15-13-11-9-7-2/h11,13-14,16-17,19-21,40H,6-10,12,15,18,22-39H2,1-5H3/p+1/b13-11-,16-14-,19-17-,21-20-. The van der Waals surface area contributed by atoms with Crippen molar-refractivity contribution in [3.63, 3.8) is 0 Å². The summed E-state index contributed by atoms with van der Waals surface area (Å²) in [6.45, 7) is 4.28. The summed E-state index contributed by atoms with van der Waals surface area (Å²) in [5.41, 5.74) is 0. The molecule has 52 heavy (non-hydrogen) atoms. The lowest BCUT2D eigenvalue weighted by Crippen LogP contribution is -2.37. The van der Waals surface area contributed by atoms with Crippen molar-refractivity contribution in [1.29, 1.82) is 0 Å². The third-order valence-electron chi connectivity index (χ3n) is 8.31. The topological polar surface area (TPSA) is 108 Å². The number of nitrogens with zero attached hydrogens (tertiary/aromatic N) is 1. The smallest absolute Gasteiger partial charge is 0.462 e. The van der Waals surface area contributed by atoms with E-state index < -0.39 is 26.5 Å². The Kier molecular flexibility index (Phi) is 33.4. The van der Waals surface area contributed by atoms with Gasteiger partial charge in [0.1, 0.15) is 19.8 Å². The van der Waals surface area contributed by atoms with Crippen molar-refractivity contribution in [2.75, 3.05) is 47.5 Å². The molecule has 10 heteroatoms. The molecule has 0 aliphatic carbocycles. The van der Waals surface area contributed by atoms with Crippen LogP contribution < -0.4 is 0 Å². The number of likely N-dealkylation sites (N-methyl/N-ethyl adjacent to an activating group) is 1. The number of rotatable bonds is 36. The number of allylic oxidation sites excluding steroid dienone is 8. The molecule has 0 bridgehead atoms. The first kappa shape index (κ1) is 50.0. The maximum atomic E-state index is 12.6. The van der Waals surface area contributed by atoms with Crippen LogP contribution in [0, 0.1) is 0 Å². The minimum atomic E-state index is -4.38. The number of ether oxygens (including phenoxy) is 2. The van der Waals surface area contributed by atoms with Crippen LogP contribution in [-0.4, -0.2) is 74.9 Å². The van der Waals surface area contributed by atoms with E-state index in [1.54, 1.807) is 0 Å². The molecule has 0 aromatic rings. The quantitative estimate of drug-likeness (QED) is 0.0221. The minimum Gasteiger partial charge on any atom is -0.462 e. The number of phosphoric ester groups is 1. The number of unbranched alkanes of at least 4 members (excludes halogenated alkanes) is 14. The first-order chi connectivity index (χ1) is 25.0. The Hall–Kier alpha value is -2.03. The van der Waals surface area contributed by atoms with Crippen LogP contribution in [0.3, 0.4) is 0 Å². The van der Waals surface area contributed by atoms with Gasteiger partial charge in [-0.3, -0.25) is 18.6 Å². The maximum absolute atomic E-state index is 12.6. The number of phosphoric acid groups is 1. The third-order valence-corrected chi connectivity index (χ3v) is 9.30. The Morgan fingerprint density at radius 2 is 1.08 bits per heavy atom. The first-order valence-electron chi connectivity index (χ1n) is 20.4. The van der Waals surface area contributed by atoms with Crippen LogP contribution in [0.15, 0.2) is 48.6 Å². The van der Waals surface area contributed by atoms with E-state index >= 15 is 0 Å². The summed E-state index contributed by atoms with van der Waals surface area (Å²) in [6.07, 6.45) is 38.7. The summed E-state index contributed by atoms with van der Waals surface area (Å²) in [6, 6.07) is 0. The Morgan fingerprint density at radius 1 is 0.596 bits per heavy atom. The van der Waals surface area contributed by atoms with E-state index in [2.05, 4.69) is 62.5 Å². The number of esters is 2. The van der Waals surface area contributed by atoms with Gasteiger partial charge >= 0.3 is 19.8 Å². The lowest BCUT2D eigenvalue weighted by atomic mass is 10.1. The summed E-state index contributed by atoms with van der Waals surface area (Å²) in [7, 11) is 1.45. The normalized spacial score (nSPS) is 14.2. The second-order valence-corrected chi connectivity index (χ2v) is 16.1. The van der Waals surface area contributed by atoms with Gasteiger partial charge in [0.25, 0.3) is 0 Å². The zero-order valence-electron chi connectivity index (χ0n) is 33.8. The average molecular weight is 755 g/mol. The number of quaternary nitrogens is 1. The van der Waals surface area contributed by atoms with Crippen LogP contribution in [0.5, 0.6) is 0 Å². The lowest BCUT2D eigenvalue weighted by Gasteiger charge is -2.24. The molecule has 0 heterocycles. The fourth-order valence-corrected chi connectivity index (χ4v) is 5.82. The fraction of sp³-hybridized carbons (Fsp3) is 0.762. The SMILES string of the molecule is CCC/C=C\C/C=C\CCCCCCCC(=O)OCC(COP(=O)(O)OCC[N+](C)(C)C)OC(=O)CCCCCCC/C=C\C/C=C\CCCCC. The highest BCUT2D eigenvalue weighted by molar-refractivity contribution is 7.47. The van der Waals surface area contributed by atoms with E-state index in [9.17, 15) is 19.0 Å². The van der Waals surface area contributed by atoms with E-state index in [-0.39, 0.29) is 32.0 Å². The van der Waals surface area contributed by atoms with Crippen LogP contribution in [0.2, 0.25) is 0 Å². The molecular weight excluding hydrogens is 677 g/mol. The van der Waals surface area contributed by atoms with E-state index in [1.807, 2.05) is 21.1 Å². The van der Waals surface area contributed by atoms with Gasteiger partial charge in [0.15, 0.2) is 6.10 Å². The van der Waals surface area contributed by atoms with Crippen molar-refractivity contribution >= 4 is 19.8 Å². The van der Waals surface area contributed by atoms with Gasteiger partial charge in [0, 0.05) is 12.8 Å². The predicted molar refractivity (Wildman–Crippen MR) is 215 cm³/mol. The van der Waals surface area contributed by atoms with Crippen LogP contribution in [0.1, 0.15) is 155 Å². The second-order valence-electron chi connectivity index (χ2n) is 14.7. The maximum Gasteiger partial charge on any atom is 0.472 e. The van der Waals surface area contributed by atoms with Crippen molar-refractivity contribution in [3.8, 4) is 0 Å². The van der Waals surface area contributed by atoms with Crippen LogP contribution in [0.4, 0.5) is 0 Å². The van der Waals surface area contributed by atoms with Crippen molar-refractivity contribution < 1.29 is 42.1 Å². The Balaban J connectivity index is 4.46. The summed E-state index contributed by atoms with van der Waals surface area (Å²) in [4.78, 5) is 35.2. The summed E-state index contributed by atoms with van der Waals surface area (Å²) < 4.78 is 34.2. The summed E-state index contributed by atoms with van der Waals surface area (Å²) in [5.74, 6) is -0.836. The molecule has 0 radical (unpaired) electrons. The van der Waals surface area contributed by atoms with Gasteiger partial charge in [0.05, 0.1) is 27.7 Å². The van der Waals surface area contributed by atoms with Gasteiger partial charge in [0.2, 0.25) is 0 Å². The lowest BCUT2D eigenvalue weighted by molar-refractivity contribution is -0.870. The molecule has 0 rings (SSSR count). The number of carbonyl (C=O) groups excluding carboxylic acids is 2. The zero-order chi connectivity index (χ0) is 38.6. The molecular formula is C42H77NO8P+. The Labute approximate surface area is 318 Å². The van der Waals surface area contributed by atoms with Crippen LogP contribution in [-0.2, 0) is 32.7 Å². The average Bonchev–Trinajstić information content (AvgIpc) is 3.09. The molecule has 0 saturated carbocycles. The van der Waals surface area contributed by atoms with Crippen LogP contribution >= 0.6 is 7.82 Å².